The largest absolute Gasteiger partial charge is 0.494 e. The van der Waals surface area contributed by atoms with Crippen molar-refractivity contribution in [3.05, 3.63) is 172 Å². The van der Waals surface area contributed by atoms with Gasteiger partial charge in [0, 0.05) is 74.0 Å². The number of sulfonamides is 2. The van der Waals surface area contributed by atoms with Crippen LogP contribution in [-0.2, 0) is 33.1 Å². The van der Waals surface area contributed by atoms with Crippen molar-refractivity contribution in [2.75, 3.05) is 56.1 Å². The Morgan fingerprint density at radius 2 is 1.01 bits per heavy atom. The number of unbranched alkanes of at least 4 members (excludes halogenated alkanes) is 4. The van der Waals surface area contributed by atoms with Gasteiger partial charge in [-0.2, -0.15) is 8.61 Å². The normalized spacial score (nSPS) is 15.4. The highest BCUT2D eigenvalue weighted by atomic mass is 32.2. The van der Waals surface area contributed by atoms with Gasteiger partial charge in [-0.1, -0.05) is 175 Å². The van der Waals surface area contributed by atoms with E-state index in [1.54, 1.807) is 12.1 Å². The Labute approximate surface area is 553 Å². The topological polar surface area (TPSA) is 102 Å². The van der Waals surface area contributed by atoms with Crippen molar-refractivity contribution in [2.24, 2.45) is 23.7 Å². The van der Waals surface area contributed by atoms with Gasteiger partial charge in [-0.15, -0.1) is 0 Å². The van der Waals surface area contributed by atoms with Gasteiger partial charge < -0.3 is 15.0 Å². The quantitative estimate of drug-likeness (QED) is 0.0389. The van der Waals surface area contributed by atoms with Crippen molar-refractivity contribution in [1.29, 1.82) is 0 Å². The predicted molar refractivity (Wildman–Crippen MR) is 387 cm³/mol. The number of aryl methyl sites for hydroxylation is 1. The lowest BCUT2D eigenvalue weighted by atomic mass is 9.85. The Hall–Kier alpha value is -5.79. The van der Waals surface area contributed by atoms with E-state index < -0.39 is 20.0 Å². The van der Waals surface area contributed by atoms with Gasteiger partial charge in [0.15, 0.2) is 12.3 Å². The summed E-state index contributed by atoms with van der Waals surface area (Å²) >= 11 is 0. The third-order valence-electron chi connectivity index (χ3n) is 18.9. The average Bonchev–Trinajstić information content (AvgIpc) is 0.908. The van der Waals surface area contributed by atoms with E-state index in [1.807, 2.05) is 64.1 Å². The van der Waals surface area contributed by atoms with Crippen molar-refractivity contribution in [3.63, 3.8) is 0 Å². The second-order valence-electron chi connectivity index (χ2n) is 25.7. The first-order chi connectivity index (χ1) is 43.9. The minimum atomic E-state index is -3.76. The number of nitrogens with zero attached hydrogens (tertiary/aromatic N) is 4. The van der Waals surface area contributed by atoms with Crippen molar-refractivity contribution in [3.8, 4) is 5.75 Å². The summed E-state index contributed by atoms with van der Waals surface area (Å²) < 4.78 is 71.3. The summed E-state index contributed by atoms with van der Waals surface area (Å²) in [5.74, 6) is 2.14. The molecule has 0 amide bonds. The zero-order valence-electron chi connectivity index (χ0n) is 58.3. The van der Waals surface area contributed by atoms with Crippen LogP contribution in [-0.4, -0.2) is 81.6 Å². The van der Waals surface area contributed by atoms with Crippen molar-refractivity contribution >= 4 is 48.4 Å². The molecule has 5 aromatic rings. The molecule has 91 heavy (non-hydrogen) atoms. The van der Waals surface area contributed by atoms with Crippen LogP contribution in [0, 0.1) is 30.6 Å². The molecule has 0 aromatic heterocycles. The zero-order valence-corrected chi connectivity index (χ0v) is 60.0. The zero-order chi connectivity index (χ0) is 65.9. The summed E-state index contributed by atoms with van der Waals surface area (Å²) in [4.78, 5) is 3.10. The van der Waals surface area contributed by atoms with E-state index in [-0.39, 0.29) is 0 Å². The van der Waals surface area contributed by atoms with Gasteiger partial charge in [0.1, 0.15) is 12.3 Å². The van der Waals surface area contributed by atoms with Gasteiger partial charge in [0.25, 0.3) is 0 Å². The van der Waals surface area contributed by atoms with Crippen LogP contribution in [0.3, 0.4) is 0 Å². The molecule has 0 fully saturated rings. The minimum absolute atomic E-state index is 0.326. The molecule has 0 saturated carbocycles. The van der Waals surface area contributed by atoms with Gasteiger partial charge in [-0.25, -0.2) is 21.4 Å². The number of hydrogen-bond acceptors (Lipinski definition) is 7. The van der Waals surface area contributed by atoms with Crippen LogP contribution < -0.4 is 15.0 Å². The van der Waals surface area contributed by atoms with Crippen LogP contribution in [0.2, 0.25) is 0 Å². The molecule has 4 atom stereocenters. The van der Waals surface area contributed by atoms with Gasteiger partial charge in [-0.05, 0) is 202 Å². The molecule has 0 spiro atoms. The fourth-order valence-electron chi connectivity index (χ4n) is 12.9. The number of ether oxygens (including phenoxy) is 1. The maximum absolute atomic E-state index is 14.9. The Balaban J connectivity index is 1.36. The lowest BCUT2D eigenvalue weighted by molar-refractivity contribution is -0.539. The summed E-state index contributed by atoms with van der Waals surface area (Å²) in [6.07, 6.45) is 23.6. The molecule has 0 heterocycles. The first kappa shape index (κ1) is 74.3. The summed E-state index contributed by atoms with van der Waals surface area (Å²) in [6.45, 7) is 33.8. The third kappa shape index (κ3) is 21.4. The summed E-state index contributed by atoms with van der Waals surface area (Å²) in [5.41, 5.74) is 12.7. The smallest absolute Gasteiger partial charge is 0.243 e. The van der Waals surface area contributed by atoms with Crippen molar-refractivity contribution in [1.82, 2.24) is 8.61 Å². The lowest BCUT2D eigenvalue weighted by Crippen LogP contribution is -2.39. The molecule has 1 aliphatic rings. The molecule has 0 bridgehead atoms. The Bertz CT molecular complexity index is 3350. The summed E-state index contributed by atoms with van der Waals surface area (Å²) in [6, 6.07) is 38.9. The molecular formula is C79H116N5O5S2+. The predicted octanol–water partition coefficient (Wildman–Crippen LogP) is 20.0. The number of benzene rings is 5. The molecule has 4 unspecified atom stereocenters. The van der Waals surface area contributed by atoms with E-state index in [4.69, 9.17) is 4.74 Å². The van der Waals surface area contributed by atoms with E-state index in [0.717, 1.165) is 189 Å². The van der Waals surface area contributed by atoms with E-state index >= 15 is 0 Å². The Morgan fingerprint density at radius 1 is 0.538 bits per heavy atom. The molecule has 0 aliphatic heterocycles. The maximum atomic E-state index is 14.9. The van der Waals surface area contributed by atoms with Gasteiger partial charge >= 0.3 is 0 Å². The van der Waals surface area contributed by atoms with E-state index in [9.17, 15) is 16.8 Å². The van der Waals surface area contributed by atoms with E-state index in [1.165, 1.54) is 0 Å². The molecule has 10 nitrogen and oxygen atoms in total. The molecule has 0 saturated heterocycles. The highest BCUT2D eigenvalue weighted by Crippen LogP contribution is 2.38. The van der Waals surface area contributed by atoms with Gasteiger partial charge in [0.2, 0.25) is 20.0 Å². The molecular weight excluding hydrogens is 1160 g/mol. The second kappa shape index (κ2) is 37.8. The number of allylic oxidation sites excluding steroid dienone is 5. The maximum Gasteiger partial charge on any atom is 0.243 e. The van der Waals surface area contributed by atoms with Gasteiger partial charge in [0.05, 0.1) is 16.4 Å². The molecule has 1 aliphatic carbocycles. The van der Waals surface area contributed by atoms with Crippen LogP contribution >= 0.6 is 0 Å². The van der Waals surface area contributed by atoms with Gasteiger partial charge in [-0.3, -0.25) is 0 Å². The standard InChI is InChI=1S/C79H115N5O5S2/c1-14-25-31-63(18-5)57-83(58-64(19-6)32-26-15-2)90(85,86)75-37-29-35-67(53-75)55-81(22-9)72-45-49-77(61(12)51-72)79(69-39-41-70(42-40-69)80-71-43-47-74(48-44-71)89-24-11)78-50-46-73(52-62(78)13)82(23-10)56-68-36-30-38-76(54-68)91(87,88)84(59-65(20-7)33-27-16-3)60-66(21-8)34-28-17-4/h29-30,35-54,63-66H,14-28,31-34,55-60H2,1-13H3/p+1. The molecule has 6 rings (SSSR count). The number of nitrogens with one attached hydrogen (secondary N) is 1. The Morgan fingerprint density at radius 3 is 1.44 bits per heavy atom. The van der Waals surface area contributed by atoms with Crippen LogP contribution in [0.4, 0.5) is 17.1 Å². The summed E-state index contributed by atoms with van der Waals surface area (Å²) in [7, 11) is -7.52. The third-order valence-corrected chi connectivity index (χ3v) is 22.6. The molecule has 12 heteroatoms. The molecule has 498 valence electrons. The fourth-order valence-corrected chi connectivity index (χ4v) is 16.2. The fraction of sp³-hybridized carbons (Fsp3) is 0.532. The number of anilines is 3. The van der Waals surface area contributed by atoms with Crippen LogP contribution in [0.1, 0.15) is 214 Å². The lowest BCUT2D eigenvalue weighted by Gasteiger charge is -2.30. The first-order valence-electron chi connectivity index (χ1n) is 35.3. The Kier molecular flexibility index (Phi) is 30.8. The highest BCUT2D eigenvalue weighted by Gasteiger charge is 2.32. The molecule has 5 aromatic carbocycles. The number of hydrogen-bond donors (Lipinski definition) is 1. The van der Waals surface area contributed by atoms with Crippen LogP contribution in [0.25, 0.3) is 5.57 Å². The SMILES string of the molecule is CCCCC(CC)CN(CC(CC)CCCC)S(=O)(=O)c1cccc(CN(CC)c2ccc(/C(=C3/C=CC(=[N+](CC)Cc4cccc(S(=O)(=O)N(CC(CC)CCCC)CC(CC)CCCC)c4)C=C3C)c3ccc(Nc4ccc(OCC)cc4)cc3)c(C)c2)c1. The molecule has 0 radical (unpaired) electrons. The summed E-state index contributed by atoms with van der Waals surface area (Å²) in [5, 5.41) is 3.59. The second-order valence-corrected chi connectivity index (χ2v) is 29.5. The average molecular weight is 1280 g/mol. The van der Waals surface area contributed by atoms with E-state index in [0.29, 0.717) is 79.3 Å². The highest BCUT2D eigenvalue weighted by molar-refractivity contribution is 7.89. The van der Waals surface area contributed by atoms with Crippen LogP contribution in [0.5, 0.6) is 5.75 Å². The first-order valence-corrected chi connectivity index (χ1v) is 38.2. The minimum Gasteiger partial charge on any atom is -0.494 e. The van der Waals surface area contributed by atoms with Crippen molar-refractivity contribution < 1.29 is 26.1 Å². The van der Waals surface area contributed by atoms with Crippen molar-refractivity contribution in [2.45, 2.75) is 216 Å². The number of rotatable bonds is 41. The van der Waals surface area contributed by atoms with Crippen LogP contribution in [0.15, 0.2) is 154 Å². The molecule has 1 N–H and O–H groups in total. The van der Waals surface area contributed by atoms with E-state index in [2.05, 4.69) is 171 Å². The monoisotopic (exact) mass is 1280 g/mol.